The number of alkyl halides is 3. The fourth-order valence-corrected chi connectivity index (χ4v) is 2.37. The summed E-state index contributed by atoms with van der Waals surface area (Å²) in [6, 6.07) is 6.06. The zero-order valence-electron chi connectivity index (χ0n) is 10.2. The van der Waals surface area contributed by atoms with Crippen LogP contribution >= 0.6 is 11.8 Å². The molecule has 2 nitrogen and oxygen atoms in total. The van der Waals surface area contributed by atoms with E-state index < -0.39 is 12.8 Å². The van der Waals surface area contributed by atoms with Crippen LogP contribution in [0.2, 0.25) is 0 Å². The van der Waals surface area contributed by atoms with E-state index >= 15 is 0 Å². The number of ether oxygens (including phenoxy) is 1. The van der Waals surface area contributed by atoms with Gasteiger partial charge in [0.2, 0.25) is 0 Å². The Hall–Kier alpha value is -1.56. The Morgan fingerprint density at radius 1 is 1.32 bits per heavy atom. The zero-order valence-corrected chi connectivity index (χ0v) is 11.0. The topological polar surface area (TPSA) is 12.5 Å². The van der Waals surface area contributed by atoms with Crippen LogP contribution in [0.4, 0.5) is 13.2 Å². The predicted octanol–water partition coefficient (Wildman–Crippen LogP) is 4.08. The van der Waals surface area contributed by atoms with E-state index in [1.54, 1.807) is 12.1 Å². The molecule has 2 rings (SSSR count). The number of thioether (sulfide) groups is 1. The molecule has 0 N–H and O–H groups in total. The van der Waals surface area contributed by atoms with Gasteiger partial charge in [-0.05, 0) is 29.8 Å². The summed E-state index contributed by atoms with van der Waals surface area (Å²) in [6.45, 7) is 2.01. The Balaban J connectivity index is 2.13. The fourth-order valence-electron chi connectivity index (χ4n) is 1.57. The number of hydrogen-bond acceptors (Lipinski definition) is 3. The Bertz CT molecular complexity index is 513. The number of halogens is 3. The van der Waals surface area contributed by atoms with Gasteiger partial charge in [0.05, 0.1) is 10.7 Å². The molecular formula is C13H12F3NOS. The normalized spacial score (nSPS) is 15.7. The number of nitrogens with zero attached hydrogens (tertiary/aromatic N) is 1. The molecular weight excluding hydrogens is 275 g/mol. The summed E-state index contributed by atoms with van der Waals surface area (Å²) in [5, 5.41) is 2.81. The maximum absolute atomic E-state index is 12.7. The first-order chi connectivity index (χ1) is 8.93. The molecule has 0 aliphatic carbocycles. The van der Waals surface area contributed by atoms with Crippen molar-refractivity contribution >= 4 is 17.5 Å². The van der Waals surface area contributed by atoms with Gasteiger partial charge in [-0.2, -0.15) is 8.78 Å². The molecule has 19 heavy (non-hydrogen) atoms. The van der Waals surface area contributed by atoms with Crippen molar-refractivity contribution < 1.29 is 17.9 Å². The Morgan fingerprint density at radius 3 is 2.42 bits per heavy atom. The van der Waals surface area contributed by atoms with Crippen molar-refractivity contribution in [3.63, 3.8) is 0 Å². The molecule has 1 aromatic carbocycles. The molecule has 0 saturated heterocycles. The van der Waals surface area contributed by atoms with E-state index in [1.807, 2.05) is 17.4 Å². The first-order valence-electron chi connectivity index (χ1n) is 5.45. The van der Waals surface area contributed by atoms with Gasteiger partial charge in [0, 0.05) is 12.5 Å². The highest BCUT2D eigenvalue weighted by atomic mass is 32.2. The van der Waals surface area contributed by atoms with E-state index in [9.17, 15) is 13.2 Å². The van der Waals surface area contributed by atoms with Gasteiger partial charge in [-0.15, -0.1) is 0 Å². The monoisotopic (exact) mass is 287 g/mol. The summed E-state index contributed by atoms with van der Waals surface area (Å²) in [5.74, 6) is -0.0703. The van der Waals surface area contributed by atoms with Crippen molar-refractivity contribution in [1.82, 2.24) is 4.90 Å². The smallest absolute Gasteiger partial charge is 0.427 e. The third-order valence-corrected chi connectivity index (χ3v) is 3.50. The summed E-state index contributed by atoms with van der Waals surface area (Å²) in [4.78, 5) is 1.90. The van der Waals surface area contributed by atoms with Crippen LogP contribution in [0.1, 0.15) is 5.56 Å². The molecule has 102 valence electrons. The van der Waals surface area contributed by atoms with Gasteiger partial charge in [0.25, 0.3) is 0 Å². The average Bonchev–Trinajstić information content (AvgIpc) is 2.71. The lowest BCUT2D eigenvalue weighted by Crippen LogP contribution is -2.26. The molecule has 0 radical (unpaired) electrons. The van der Waals surface area contributed by atoms with E-state index in [0.29, 0.717) is 0 Å². The molecule has 6 heteroatoms. The van der Waals surface area contributed by atoms with Crippen LogP contribution < -0.4 is 4.74 Å². The van der Waals surface area contributed by atoms with Crippen LogP contribution in [0.5, 0.6) is 5.75 Å². The molecule has 0 atom stereocenters. The van der Waals surface area contributed by atoms with Crippen molar-refractivity contribution in [2.24, 2.45) is 0 Å². The van der Waals surface area contributed by atoms with Crippen molar-refractivity contribution in [2.45, 2.75) is 6.11 Å². The largest absolute Gasteiger partial charge is 0.431 e. The van der Waals surface area contributed by atoms with Crippen LogP contribution in [0.15, 0.2) is 41.3 Å². The van der Waals surface area contributed by atoms with Crippen LogP contribution in [0.25, 0.3) is 5.70 Å². The molecule has 1 aromatic rings. The summed E-state index contributed by atoms with van der Waals surface area (Å²) >= 11 is 1.49. The van der Waals surface area contributed by atoms with E-state index in [2.05, 4.69) is 11.3 Å². The minimum Gasteiger partial charge on any atom is -0.431 e. The molecule has 0 amide bonds. The quantitative estimate of drug-likeness (QED) is 0.828. The SMILES string of the molecule is C=C1SC=C(c2ccc(OC(F)(F)CF)cc2)N1C. The van der Waals surface area contributed by atoms with Crippen LogP contribution in [0.3, 0.4) is 0 Å². The second kappa shape index (κ2) is 5.21. The van der Waals surface area contributed by atoms with Gasteiger partial charge in [-0.1, -0.05) is 18.3 Å². The molecule has 0 fully saturated rings. The third kappa shape index (κ3) is 3.07. The van der Waals surface area contributed by atoms with Gasteiger partial charge in [0.1, 0.15) is 5.75 Å². The molecule has 1 heterocycles. The Kier molecular flexibility index (Phi) is 3.80. The first-order valence-corrected chi connectivity index (χ1v) is 6.33. The van der Waals surface area contributed by atoms with Gasteiger partial charge in [-0.3, -0.25) is 0 Å². The van der Waals surface area contributed by atoms with Gasteiger partial charge in [-0.25, -0.2) is 4.39 Å². The maximum atomic E-state index is 12.7. The Morgan fingerprint density at radius 2 is 1.95 bits per heavy atom. The average molecular weight is 287 g/mol. The summed E-state index contributed by atoms with van der Waals surface area (Å²) in [6.07, 6.45) is -3.78. The zero-order chi connectivity index (χ0) is 14.0. The van der Waals surface area contributed by atoms with E-state index in [-0.39, 0.29) is 5.75 Å². The number of hydrogen-bond donors (Lipinski definition) is 0. The highest BCUT2D eigenvalue weighted by Gasteiger charge is 2.31. The lowest BCUT2D eigenvalue weighted by atomic mass is 10.1. The highest BCUT2D eigenvalue weighted by Crippen LogP contribution is 2.37. The van der Waals surface area contributed by atoms with E-state index in [4.69, 9.17) is 0 Å². The molecule has 1 aliphatic heterocycles. The minimum absolute atomic E-state index is 0.0703. The lowest BCUT2D eigenvalue weighted by Gasteiger charge is -2.18. The van der Waals surface area contributed by atoms with Crippen LogP contribution in [0, 0.1) is 0 Å². The second-order valence-electron chi connectivity index (χ2n) is 3.97. The van der Waals surface area contributed by atoms with Crippen molar-refractivity contribution in [3.05, 3.63) is 46.8 Å². The molecule has 0 aromatic heterocycles. The summed E-state index contributed by atoms with van der Waals surface area (Å²) < 4.78 is 41.7. The summed E-state index contributed by atoms with van der Waals surface area (Å²) in [7, 11) is 1.87. The molecule has 0 unspecified atom stereocenters. The third-order valence-electron chi connectivity index (χ3n) is 2.61. The highest BCUT2D eigenvalue weighted by molar-refractivity contribution is 8.06. The molecule has 0 saturated carbocycles. The number of rotatable bonds is 4. The molecule has 0 bridgehead atoms. The van der Waals surface area contributed by atoms with Gasteiger partial charge in [0.15, 0.2) is 6.67 Å². The van der Waals surface area contributed by atoms with E-state index in [1.165, 1.54) is 23.9 Å². The van der Waals surface area contributed by atoms with Crippen molar-refractivity contribution in [2.75, 3.05) is 13.7 Å². The summed E-state index contributed by atoms with van der Waals surface area (Å²) in [5.41, 5.74) is 1.78. The van der Waals surface area contributed by atoms with E-state index in [0.717, 1.165) is 16.3 Å². The molecule has 1 aliphatic rings. The van der Waals surface area contributed by atoms with Crippen LogP contribution in [-0.2, 0) is 0 Å². The molecule has 0 spiro atoms. The van der Waals surface area contributed by atoms with Crippen molar-refractivity contribution in [1.29, 1.82) is 0 Å². The standard InChI is InChI=1S/C13H12F3NOS/c1-9-17(2)12(7-19-9)10-3-5-11(6-4-10)18-13(15,16)8-14/h3-7H,1,8H2,2H3. The van der Waals surface area contributed by atoms with Gasteiger partial charge < -0.3 is 9.64 Å². The van der Waals surface area contributed by atoms with Crippen LogP contribution in [-0.4, -0.2) is 24.7 Å². The maximum Gasteiger partial charge on any atom is 0.427 e. The first kappa shape index (κ1) is 13.9. The minimum atomic E-state index is -3.78. The lowest BCUT2D eigenvalue weighted by molar-refractivity contribution is -0.186. The van der Waals surface area contributed by atoms with Crippen molar-refractivity contribution in [3.8, 4) is 5.75 Å². The second-order valence-corrected chi connectivity index (χ2v) is 4.91. The fraction of sp³-hybridized carbons (Fsp3) is 0.231. The number of benzene rings is 1. The van der Waals surface area contributed by atoms with Gasteiger partial charge >= 0.3 is 6.11 Å². The Labute approximate surface area is 113 Å². The predicted molar refractivity (Wildman–Crippen MR) is 70.5 cm³/mol.